The van der Waals surface area contributed by atoms with Gasteiger partial charge in [0.15, 0.2) is 0 Å². The van der Waals surface area contributed by atoms with Crippen molar-refractivity contribution in [3.05, 3.63) is 63.3 Å². The van der Waals surface area contributed by atoms with Gasteiger partial charge >= 0.3 is 0 Å². The molecule has 0 aliphatic rings. The smallest absolute Gasteiger partial charge is 0.0595 e. The molecule has 18 heavy (non-hydrogen) atoms. The van der Waals surface area contributed by atoms with Gasteiger partial charge in [0, 0.05) is 22.9 Å². The van der Waals surface area contributed by atoms with Gasteiger partial charge in [-0.15, -0.1) is 0 Å². The Bertz CT molecular complexity index is 516. The van der Waals surface area contributed by atoms with Crippen molar-refractivity contribution in [2.45, 2.75) is 12.5 Å². The van der Waals surface area contributed by atoms with Crippen molar-refractivity contribution in [2.24, 2.45) is 0 Å². The van der Waals surface area contributed by atoms with Crippen LogP contribution in [-0.4, -0.2) is 12.0 Å². The van der Waals surface area contributed by atoms with Gasteiger partial charge in [-0.05, 0) is 52.7 Å². The minimum atomic E-state index is 0.180. The number of likely N-dealkylation sites (N-methyl/N-ethyl adjacent to an activating group) is 1. The summed E-state index contributed by atoms with van der Waals surface area (Å²) in [6.45, 7) is 0. The van der Waals surface area contributed by atoms with Crippen LogP contribution in [0.3, 0.4) is 0 Å². The van der Waals surface area contributed by atoms with Gasteiger partial charge in [-0.2, -0.15) is 0 Å². The van der Waals surface area contributed by atoms with Gasteiger partial charge < -0.3 is 5.32 Å². The monoisotopic (exact) mass is 324 g/mol. The van der Waals surface area contributed by atoms with Gasteiger partial charge in [-0.3, -0.25) is 4.98 Å². The van der Waals surface area contributed by atoms with Gasteiger partial charge in [-0.1, -0.05) is 29.8 Å². The van der Waals surface area contributed by atoms with Crippen LogP contribution < -0.4 is 5.32 Å². The van der Waals surface area contributed by atoms with Crippen LogP contribution in [0.5, 0.6) is 0 Å². The van der Waals surface area contributed by atoms with Crippen LogP contribution in [0.4, 0.5) is 0 Å². The summed E-state index contributed by atoms with van der Waals surface area (Å²) in [5.41, 5.74) is 2.28. The van der Waals surface area contributed by atoms with E-state index in [1.807, 2.05) is 37.5 Å². The van der Waals surface area contributed by atoms with Crippen LogP contribution in [0.15, 0.2) is 47.2 Å². The lowest BCUT2D eigenvalue weighted by Crippen LogP contribution is -2.19. The lowest BCUT2D eigenvalue weighted by Gasteiger charge is -2.18. The molecule has 0 saturated carbocycles. The molecule has 4 heteroatoms. The molecule has 1 heterocycles. The second-order valence-corrected chi connectivity index (χ2v) is 5.28. The number of aromatic nitrogens is 1. The van der Waals surface area contributed by atoms with Gasteiger partial charge in [0.1, 0.15) is 0 Å². The van der Waals surface area contributed by atoms with Crippen LogP contribution in [0, 0.1) is 0 Å². The Labute approximate surface area is 121 Å². The molecule has 2 nitrogen and oxygen atoms in total. The highest BCUT2D eigenvalue weighted by atomic mass is 79.9. The van der Waals surface area contributed by atoms with Crippen LogP contribution in [0.25, 0.3) is 0 Å². The largest absolute Gasteiger partial charge is 0.313 e. The topological polar surface area (TPSA) is 24.9 Å². The highest BCUT2D eigenvalue weighted by Gasteiger charge is 2.14. The Kier molecular flexibility index (Phi) is 4.75. The number of pyridine rings is 1. The van der Waals surface area contributed by atoms with E-state index in [2.05, 4.69) is 32.3 Å². The molecule has 1 unspecified atom stereocenters. The first-order valence-corrected chi connectivity index (χ1v) is 6.89. The van der Waals surface area contributed by atoms with E-state index in [0.29, 0.717) is 0 Å². The van der Waals surface area contributed by atoms with Gasteiger partial charge in [-0.25, -0.2) is 0 Å². The number of halogens is 2. The van der Waals surface area contributed by atoms with Crippen LogP contribution >= 0.6 is 27.5 Å². The van der Waals surface area contributed by atoms with E-state index < -0.39 is 0 Å². The van der Waals surface area contributed by atoms with Crippen molar-refractivity contribution in [3.63, 3.8) is 0 Å². The predicted octanol–water partition coefficient (Wildman–Crippen LogP) is 4.00. The van der Waals surface area contributed by atoms with E-state index in [1.165, 1.54) is 5.56 Å². The minimum absolute atomic E-state index is 0.180. The standard InChI is InChI=1S/C14H14BrClN2/c1-17-13(8-10-4-3-7-18-9-10)11-5-2-6-12(15)14(11)16/h2-7,9,13,17H,8H2,1H3. The SMILES string of the molecule is CNC(Cc1cccnc1)c1cccc(Br)c1Cl. The lowest BCUT2D eigenvalue weighted by molar-refractivity contribution is 0.591. The number of nitrogens with one attached hydrogen (secondary N) is 1. The Morgan fingerprint density at radius 3 is 2.83 bits per heavy atom. The van der Waals surface area contributed by atoms with Crippen LogP contribution in [0.1, 0.15) is 17.2 Å². The maximum absolute atomic E-state index is 6.33. The summed E-state index contributed by atoms with van der Waals surface area (Å²) in [7, 11) is 1.94. The van der Waals surface area contributed by atoms with E-state index in [4.69, 9.17) is 11.6 Å². The fraction of sp³-hybridized carbons (Fsp3) is 0.214. The normalized spacial score (nSPS) is 12.4. The van der Waals surface area contributed by atoms with Crippen molar-refractivity contribution in [1.29, 1.82) is 0 Å². The summed E-state index contributed by atoms with van der Waals surface area (Å²) >= 11 is 9.79. The van der Waals surface area contributed by atoms with Gasteiger partial charge in [0.05, 0.1) is 5.02 Å². The average molecular weight is 326 g/mol. The maximum atomic E-state index is 6.33. The second kappa shape index (κ2) is 6.32. The average Bonchev–Trinajstić information content (AvgIpc) is 2.41. The van der Waals surface area contributed by atoms with E-state index in [0.717, 1.165) is 21.5 Å². The Morgan fingerprint density at radius 2 is 2.17 bits per heavy atom. The van der Waals surface area contributed by atoms with E-state index >= 15 is 0 Å². The zero-order valence-corrected chi connectivity index (χ0v) is 12.4. The summed E-state index contributed by atoms with van der Waals surface area (Å²) in [5.74, 6) is 0. The number of hydrogen-bond donors (Lipinski definition) is 1. The summed E-state index contributed by atoms with van der Waals surface area (Å²) in [6.07, 6.45) is 4.53. The fourth-order valence-corrected chi connectivity index (χ4v) is 2.55. The molecular formula is C14H14BrClN2. The number of nitrogens with zero attached hydrogens (tertiary/aromatic N) is 1. The van der Waals surface area contributed by atoms with E-state index in [9.17, 15) is 0 Å². The molecule has 2 rings (SSSR count). The van der Waals surface area contributed by atoms with Crippen molar-refractivity contribution >= 4 is 27.5 Å². The molecule has 0 bridgehead atoms. The van der Waals surface area contributed by atoms with Crippen molar-refractivity contribution in [3.8, 4) is 0 Å². The third-order valence-electron chi connectivity index (χ3n) is 2.87. The highest BCUT2D eigenvalue weighted by Crippen LogP contribution is 2.31. The summed E-state index contributed by atoms with van der Waals surface area (Å²) in [4.78, 5) is 4.14. The number of hydrogen-bond acceptors (Lipinski definition) is 2. The Hall–Kier alpha value is -0.900. The van der Waals surface area contributed by atoms with Crippen molar-refractivity contribution in [1.82, 2.24) is 10.3 Å². The minimum Gasteiger partial charge on any atom is -0.313 e. The molecule has 0 amide bonds. The summed E-state index contributed by atoms with van der Waals surface area (Å²) in [5, 5.41) is 4.07. The van der Waals surface area contributed by atoms with Gasteiger partial charge in [0.2, 0.25) is 0 Å². The molecule has 94 valence electrons. The molecule has 0 aliphatic heterocycles. The first-order valence-electron chi connectivity index (χ1n) is 5.72. The lowest BCUT2D eigenvalue weighted by atomic mass is 10.00. The zero-order valence-electron chi connectivity index (χ0n) is 10.0. The van der Waals surface area contributed by atoms with Gasteiger partial charge in [0.25, 0.3) is 0 Å². The molecule has 1 aromatic heterocycles. The third-order valence-corrected chi connectivity index (χ3v) is 4.18. The number of benzene rings is 1. The quantitative estimate of drug-likeness (QED) is 0.919. The first-order chi connectivity index (χ1) is 8.72. The molecule has 2 aromatic rings. The summed E-state index contributed by atoms with van der Waals surface area (Å²) in [6, 6.07) is 10.2. The first kappa shape index (κ1) is 13.5. The summed E-state index contributed by atoms with van der Waals surface area (Å²) < 4.78 is 0.924. The van der Waals surface area contributed by atoms with Crippen molar-refractivity contribution < 1.29 is 0 Å². The molecule has 0 fully saturated rings. The molecule has 0 aliphatic carbocycles. The molecule has 1 aromatic carbocycles. The number of rotatable bonds is 4. The molecule has 0 spiro atoms. The fourth-order valence-electron chi connectivity index (χ4n) is 1.91. The molecule has 0 saturated heterocycles. The Balaban J connectivity index is 2.26. The third kappa shape index (κ3) is 3.10. The zero-order chi connectivity index (χ0) is 13.0. The van der Waals surface area contributed by atoms with Crippen molar-refractivity contribution in [2.75, 3.05) is 7.05 Å². The predicted molar refractivity (Wildman–Crippen MR) is 78.9 cm³/mol. The van der Waals surface area contributed by atoms with E-state index in [-0.39, 0.29) is 6.04 Å². The molecule has 0 radical (unpaired) electrons. The van der Waals surface area contributed by atoms with Crippen LogP contribution in [0.2, 0.25) is 5.02 Å². The second-order valence-electron chi connectivity index (χ2n) is 4.05. The van der Waals surface area contributed by atoms with E-state index in [1.54, 1.807) is 6.20 Å². The molecule has 1 N–H and O–H groups in total. The molecule has 1 atom stereocenters. The highest BCUT2D eigenvalue weighted by molar-refractivity contribution is 9.10. The Morgan fingerprint density at radius 1 is 1.33 bits per heavy atom. The maximum Gasteiger partial charge on any atom is 0.0595 e. The molecular weight excluding hydrogens is 312 g/mol. The van der Waals surface area contributed by atoms with Crippen LogP contribution in [-0.2, 0) is 6.42 Å².